The van der Waals surface area contributed by atoms with Gasteiger partial charge in [0.1, 0.15) is 48.5 Å². The lowest BCUT2D eigenvalue weighted by Crippen LogP contribution is -2.45. The molecule has 0 aliphatic carbocycles. The minimum Gasteiger partial charge on any atom is -0.756 e. The average Bonchev–Trinajstić information content (AvgIpc) is 4.16. The monoisotopic (exact) mass is 1150 g/mol. The normalized spacial score (nSPS) is 30.5. The predicted molar refractivity (Wildman–Crippen MR) is 239 cm³/mol. The minimum absolute atomic E-state index is 0.000176. The van der Waals surface area contributed by atoms with Crippen LogP contribution in [0.15, 0.2) is 34.9 Å². The number of hydrogen-bond donors (Lipinski definition) is 11. The molecule has 6 aromatic rings. The van der Waals surface area contributed by atoms with Crippen LogP contribution >= 0.6 is 31.3 Å². The van der Waals surface area contributed by atoms with E-state index in [-0.39, 0.29) is 57.6 Å². The molecule has 42 heteroatoms. The highest BCUT2D eigenvalue weighted by atomic mass is 31.3. The Balaban J connectivity index is 0.855. The van der Waals surface area contributed by atoms with Crippen LogP contribution in [0.25, 0.3) is 33.5 Å². The van der Waals surface area contributed by atoms with Crippen molar-refractivity contribution in [2.24, 2.45) is 13.0 Å². The Morgan fingerprint density at radius 1 is 0.760 bits per heavy atom. The van der Waals surface area contributed by atoms with Gasteiger partial charge in [0.05, 0.1) is 45.6 Å². The van der Waals surface area contributed by atoms with Crippen LogP contribution in [-0.2, 0) is 66.2 Å². The Bertz CT molecular complexity index is 3470. The number of ether oxygens (including phenoxy) is 3. The fourth-order valence-corrected chi connectivity index (χ4v) is 13.1. The van der Waals surface area contributed by atoms with E-state index in [1.54, 1.807) is 6.92 Å². The van der Waals surface area contributed by atoms with Gasteiger partial charge in [-0.05, 0) is 6.42 Å². The number of aromatic amines is 2. The van der Waals surface area contributed by atoms with Gasteiger partial charge in [-0.3, -0.25) is 46.9 Å². The van der Waals surface area contributed by atoms with Crippen molar-refractivity contribution in [1.29, 1.82) is 0 Å². The zero-order valence-electron chi connectivity index (χ0n) is 38.2. The predicted octanol–water partition coefficient (Wildman–Crippen LogP) is -3.35. The molecule has 410 valence electrons. The molecule has 75 heavy (non-hydrogen) atoms. The maximum atomic E-state index is 16.5. The number of nitrogens with two attached hydrogens (primary N) is 3. The third kappa shape index (κ3) is 10.9. The van der Waals surface area contributed by atoms with Gasteiger partial charge in [-0.1, -0.05) is 11.9 Å². The number of nitrogen functional groups attached to an aromatic ring is 3. The van der Waals surface area contributed by atoms with Crippen molar-refractivity contribution in [3.05, 3.63) is 46.0 Å². The van der Waals surface area contributed by atoms with Crippen molar-refractivity contribution >= 4 is 82.5 Å². The summed E-state index contributed by atoms with van der Waals surface area (Å²) in [5.74, 6) is -1.62. The van der Waals surface area contributed by atoms with Crippen LogP contribution in [0.2, 0.25) is 0 Å². The number of halogens is 1. The lowest BCUT2D eigenvalue weighted by molar-refractivity contribution is -0.745. The molecule has 0 saturated carbocycles. The third-order valence-corrected chi connectivity index (χ3v) is 17.1. The summed E-state index contributed by atoms with van der Waals surface area (Å²) in [6.07, 6.45) is -15.4. The van der Waals surface area contributed by atoms with E-state index in [0.717, 1.165) is 28.1 Å². The van der Waals surface area contributed by atoms with E-state index >= 15 is 4.39 Å². The molecule has 6 aromatic heterocycles. The zero-order chi connectivity index (χ0) is 54.3. The Labute approximate surface area is 415 Å². The Morgan fingerprint density at radius 3 is 2.04 bits per heavy atom. The number of nitrogens with one attached hydrogen (secondary N) is 2. The molecule has 3 aliphatic heterocycles. The van der Waals surface area contributed by atoms with Gasteiger partial charge in [-0.25, -0.2) is 42.6 Å². The highest BCUT2D eigenvalue weighted by Gasteiger charge is 2.53. The van der Waals surface area contributed by atoms with Crippen molar-refractivity contribution in [1.82, 2.24) is 53.6 Å². The molecule has 9 heterocycles. The number of imidazole rings is 3. The maximum absolute atomic E-state index is 16.5. The van der Waals surface area contributed by atoms with Crippen molar-refractivity contribution < 1.29 is 103 Å². The Hall–Kier alpha value is -5.14. The lowest BCUT2D eigenvalue weighted by Gasteiger charge is -2.30. The number of fused-ring (bicyclic) bond motifs is 3. The van der Waals surface area contributed by atoms with E-state index in [1.165, 1.54) is 22.5 Å². The Morgan fingerprint density at radius 2 is 1.36 bits per heavy atom. The quantitative estimate of drug-likeness (QED) is 0.0279. The summed E-state index contributed by atoms with van der Waals surface area (Å²) in [4.78, 5) is 97.7. The highest BCUT2D eigenvalue weighted by Crippen LogP contribution is 2.68. The first-order valence-corrected chi connectivity index (χ1v) is 27.5. The van der Waals surface area contributed by atoms with Crippen LogP contribution < -0.4 is 37.8 Å². The first kappa shape index (κ1) is 54.6. The van der Waals surface area contributed by atoms with Gasteiger partial charge >= 0.3 is 29.1 Å². The van der Waals surface area contributed by atoms with E-state index < -0.39 is 136 Å². The molecule has 0 radical (unpaired) electrons. The topological polar surface area (TPSA) is 536 Å². The van der Waals surface area contributed by atoms with Crippen molar-refractivity contribution in [2.75, 3.05) is 37.0 Å². The molecular weight excluding hydrogens is 1100 g/mol. The third-order valence-electron chi connectivity index (χ3n) is 11.9. The van der Waals surface area contributed by atoms with Crippen LogP contribution in [-0.4, -0.2) is 152 Å². The van der Waals surface area contributed by atoms with Crippen LogP contribution in [0.1, 0.15) is 32.0 Å². The summed E-state index contributed by atoms with van der Waals surface area (Å²) in [5.41, 5.74) is 15.2. The number of phosphoric ester groups is 3. The first-order chi connectivity index (χ1) is 35.2. The number of H-pyrrole nitrogens is 2. The van der Waals surface area contributed by atoms with Gasteiger partial charge in [0, 0.05) is 5.92 Å². The fraction of sp³-hybridized carbons (Fsp3) is 0.545. The van der Waals surface area contributed by atoms with E-state index in [2.05, 4.69) is 48.5 Å². The molecule has 3 fully saturated rings. The van der Waals surface area contributed by atoms with E-state index in [1.807, 2.05) is 0 Å². The minimum atomic E-state index is -6.20. The van der Waals surface area contributed by atoms with Gasteiger partial charge in [-0.2, -0.15) is 13.6 Å². The van der Waals surface area contributed by atoms with Crippen molar-refractivity contribution in [2.45, 2.75) is 80.9 Å². The molecule has 4 unspecified atom stereocenters. The Kier molecular flexibility index (Phi) is 14.8. The fourth-order valence-electron chi connectivity index (χ4n) is 8.61. The largest absolute Gasteiger partial charge is 0.756 e. The molecule has 0 amide bonds. The number of aliphatic hydroxyl groups excluding tert-OH is 3. The molecule has 3 saturated heterocycles. The highest BCUT2D eigenvalue weighted by molar-refractivity contribution is 7.66. The van der Waals surface area contributed by atoms with Crippen LogP contribution in [0.4, 0.5) is 22.1 Å². The summed E-state index contributed by atoms with van der Waals surface area (Å²) in [5, 5.41) is 32.8. The molecule has 37 nitrogen and oxygen atoms in total. The number of anilines is 3. The molecule has 3 aliphatic rings. The number of hydrogen-bond acceptors (Lipinski definition) is 28. The number of alkyl halides is 1. The molecule has 0 bridgehead atoms. The number of nitrogens with zero attached hydrogens (tertiary/aromatic N) is 10. The summed E-state index contributed by atoms with van der Waals surface area (Å²) in [6.45, 7) is -1.85. The van der Waals surface area contributed by atoms with Crippen LogP contribution in [0.5, 0.6) is 0 Å². The average molecular weight is 1150 g/mol. The standard InChI is InChI=1S/C33H44FN15O22P4/c1-3-11-12(66-30(19(11)50)49-10-46(2)18-26(49)43-33(37)45-28(18)54)4-64-73(57,58)70-75(61,62)71-74(59,60)65-6-14-22(15(34)29(68-14)47-8-40-16-23(35)38-7-39-24(16)47)69-72(55,56)63-5-13-20(51)21(52)31(67-13)48-9-41-17-25(48)42-32(36)44-27(17)53/h7-15,19-22,29-31,50-52H,3-6H2,1-2H3,(H11-,35,36,37,38,39,42,43,44,45,53,54,55,56,57,58,59,60,61,62)/t11-,12-,13-,14-,15-,19-,20-,21-,22-,29-,30-,31-/m1/s1. The van der Waals surface area contributed by atoms with E-state index in [4.69, 9.17) is 49.5 Å². The number of aryl methyl sites for hydroxylation is 1. The number of rotatable bonds is 19. The van der Waals surface area contributed by atoms with E-state index in [9.17, 15) is 62.7 Å². The van der Waals surface area contributed by atoms with Crippen LogP contribution in [0.3, 0.4) is 0 Å². The van der Waals surface area contributed by atoms with Gasteiger partial charge in [-0.15, -0.1) is 0 Å². The number of aromatic nitrogens is 12. The first-order valence-electron chi connectivity index (χ1n) is 21.6. The summed E-state index contributed by atoms with van der Waals surface area (Å²) >= 11 is 0. The maximum Gasteiger partial charge on any atom is 0.490 e. The van der Waals surface area contributed by atoms with Gasteiger partial charge < -0.3 is 75.4 Å². The second-order valence-electron chi connectivity index (χ2n) is 16.8. The zero-order valence-corrected chi connectivity index (χ0v) is 41.7. The van der Waals surface area contributed by atoms with Gasteiger partial charge in [0.25, 0.3) is 24.9 Å². The molecule has 0 aromatic carbocycles. The summed E-state index contributed by atoms with van der Waals surface area (Å²) in [6, 6.07) is 0. The van der Waals surface area contributed by atoms with Gasteiger partial charge in [0.2, 0.25) is 17.7 Å². The molecule has 9 rings (SSSR count). The lowest BCUT2D eigenvalue weighted by atomic mass is 9.95. The molecule has 14 N–H and O–H groups in total. The molecule has 16 atom stereocenters. The number of aliphatic hydroxyl groups is 3. The number of phosphoric acid groups is 4. The molecular formula is C33H44FN15O22P4. The smallest absolute Gasteiger partial charge is 0.490 e. The second kappa shape index (κ2) is 20.3. The summed E-state index contributed by atoms with van der Waals surface area (Å²) in [7, 11) is -22.3. The van der Waals surface area contributed by atoms with Gasteiger partial charge in [0.15, 0.2) is 47.6 Å². The second-order valence-corrected chi connectivity index (χ2v) is 22.8. The van der Waals surface area contributed by atoms with E-state index in [0.29, 0.717) is 0 Å². The van der Waals surface area contributed by atoms with Crippen molar-refractivity contribution in [3.63, 3.8) is 0 Å². The SMILES string of the molecule is CC[C@H]1[C@@H](O)[C@H]([n+]2cn(C)c3c(=O)[nH]c(N)nc32)O[C@@H]1COP(=O)(O)OP(=O)(O)OP(=O)(O)OC[C@H]1O[C@@H](n2cnc3c(N)ncnc32)[C@H](F)[C@@H]1OP(=O)([O-])OC[C@H]1O[C@@H](n2cnc3c(=O)[nH]c(N)nc32)[C@H](O)[C@@H]1O. The van der Waals surface area contributed by atoms with Crippen LogP contribution in [0, 0.1) is 5.92 Å². The summed E-state index contributed by atoms with van der Waals surface area (Å²) < 4.78 is 119. The molecule has 0 spiro atoms. The van der Waals surface area contributed by atoms with Crippen molar-refractivity contribution in [3.8, 4) is 0 Å².